The number of benzene rings is 2. The van der Waals surface area contributed by atoms with Gasteiger partial charge in [-0.05, 0) is 30.3 Å². The number of carbonyl (C=O) groups excluding carboxylic acids is 2. The maximum atomic E-state index is 15.0. The van der Waals surface area contributed by atoms with E-state index in [9.17, 15) is 14.0 Å². The molecule has 2 heterocycles. The number of nitrogens with zero attached hydrogens (tertiary/aromatic N) is 1. The molecule has 2 aliphatic rings. The van der Waals surface area contributed by atoms with E-state index in [1.165, 1.54) is 19.1 Å². The van der Waals surface area contributed by atoms with Crippen LogP contribution < -0.4 is 10.6 Å². The molecule has 8 heteroatoms. The summed E-state index contributed by atoms with van der Waals surface area (Å²) in [7, 11) is 0. The first-order valence-electron chi connectivity index (χ1n) is 9.57. The van der Waals surface area contributed by atoms with Gasteiger partial charge in [-0.1, -0.05) is 25.1 Å². The molecule has 2 N–H and O–H groups in total. The zero-order valence-electron chi connectivity index (χ0n) is 16.7. The molecule has 2 aromatic rings. The SMILES string of the molecule is CC(=O)Nc1ccc(F)c(C23COCC2(C)COC(NC(=O)c2ccccc2)=N3)c1. The van der Waals surface area contributed by atoms with Gasteiger partial charge in [0.15, 0.2) is 0 Å². The number of nitrogens with one attached hydrogen (secondary N) is 2. The average molecular weight is 411 g/mol. The summed E-state index contributed by atoms with van der Waals surface area (Å²) < 4.78 is 26.4. The molecule has 4 rings (SSSR count). The molecule has 0 saturated carbocycles. The predicted octanol–water partition coefficient (Wildman–Crippen LogP) is 2.83. The first kappa shape index (κ1) is 20.0. The Morgan fingerprint density at radius 3 is 2.57 bits per heavy atom. The Bertz CT molecular complexity index is 1030. The Morgan fingerprint density at radius 2 is 1.83 bits per heavy atom. The van der Waals surface area contributed by atoms with Crippen LogP contribution in [0.3, 0.4) is 0 Å². The molecule has 2 unspecified atom stereocenters. The Kier molecular flexibility index (Phi) is 5.03. The third kappa shape index (κ3) is 3.43. The van der Waals surface area contributed by atoms with E-state index < -0.39 is 16.8 Å². The number of aliphatic imine (C=N–C) groups is 1. The fourth-order valence-electron chi connectivity index (χ4n) is 3.89. The van der Waals surface area contributed by atoms with Crippen molar-refractivity contribution in [1.82, 2.24) is 5.32 Å². The highest BCUT2D eigenvalue weighted by atomic mass is 19.1. The smallest absolute Gasteiger partial charge is 0.292 e. The van der Waals surface area contributed by atoms with Crippen LogP contribution >= 0.6 is 0 Å². The fraction of sp³-hybridized carbons (Fsp3) is 0.318. The number of fused-ring (bicyclic) bond motifs is 1. The van der Waals surface area contributed by atoms with Gasteiger partial charge in [0.2, 0.25) is 5.91 Å². The first-order chi connectivity index (χ1) is 14.3. The van der Waals surface area contributed by atoms with Crippen LogP contribution in [-0.2, 0) is 19.8 Å². The molecule has 1 saturated heterocycles. The Labute approximate surface area is 173 Å². The van der Waals surface area contributed by atoms with Crippen LogP contribution in [0.4, 0.5) is 10.1 Å². The van der Waals surface area contributed by atoms with Crippen molar-refractivity contribution in [2.75, 3.05) is 25.1 Å². The molecule has 30 heavy (non-hydrogen) atoms. The Hall–Kier alpha value is -3.26. The minimum atomic E-state index is -1.11. The molecule has 0 aliphatic carbocycles. The fourth-order valence-corrected chi connectivity index (χ4v) is 3.89. The van der Waals surface area contributed by atoms with Gasteiger partial charge in [0.25, 0.3) is 11.9 Å². The second-order valence-electron chi connectivity index (χ2n) is 7.82. The quantitative estimate of drug-likeness (QED) is 0.813. The molecule has 156 valence electrons. The monoisotopic (exact) mass is 411 g/mol. The number of halogens is 1. The summed E-state index contributed by atoms with van der Waals surface area (Å²) in [6, 6.07) is 13.0. The largest absolute Gasteiger partial charge is 0.464 e. The molecule has 0 radical (unpaired) electrons. The van der Waals surface area contributed by atoms with Crippen molar-refractivity contribution >= 4 is 23.5 Å². The van der Waals surface area contributed by atoms with Crippen molar-refractivity contribution in [1.29, 1.82) is 0 Å². The van der Waals surface area contributed by atoms with Crippen LogP contribution in [0.1, 0.15) is 29.8 Å². The normalized spacial score (nSPS) is 25.0. The lowest BCUT2D eigenvalue weighted by atomic mass is 9.69. The summed E-state index contributed by atoms with van der Waals surface area (Å²) in [6.07, 6.45) is 0. The zero-order valence-corrected chi connectivity index (χ0v) is 16.7. The van der Waals surface area contributed by atoms with Crippen LogP contribution in [-0.4, -0.2) is 37.7 Å². The standard InChI is InChI=1S/C22H22FN3O4/c1-14(27)24-16-8-9-18(23)17(10-16)22-13-29-11-21(22,2)12-30-20(26-22)25-19(28)15-6-4-3-5-7-15/h3-10H,11-13H2,1-2H3,(H,24,27)(H,25,26,28). The molecule has 1 fully saturated rings. The highest BCUT2D eigenvalue weighted by molar-refractivity contribution is 6.04. The highest BCUT2D eigenvalue weighted by Crippen LogP contribution is 2.51. The third-order valence-corrected chi connectivity index (χ3v) is 5.54. The number of amidine groups is 1. The molecule has 2 aliphatic heterocycles. The van der Waals surface area contributed by atoms with Gasteiger partial charge in [-0.25, -0.2) is 9.38 Å². The van der Waals surface area contributed by atoms with E-state index in [4.69, 9.17) is 9.47 Å². The van der Waals surface area contributed by atoms with Crippen LogP contribution in [0.5, 0.6) is 0 Å². The molecule has 2 atom stereocenters. The molecule has 2 amide bonds. The molecular weight excluding hydrogens is 389 g/mol. The number of ether oxygens (including phenoxy) is 2. The molecular formula is C22H22FN3O4. The van der Waals surface area contributed by atoms with E-state index in [0.717, 1.165) is 0 Å². The van der Waals surface area contributed by atoms with E-state index in [1.807, 2.05) is 13.0 Å². The molecule has 0 spiro atoms. The summed E-state index contributed by atoms with van der Waals surface area (Å²) in [5, 5.41) is 5.34. The van der Waals surface area contributed by atoms with Crippen LogP contribution in [0, 0.1) is 11.2 Å². The second-order valence-corrected chi connectivity index (χ2v) is 7.82. The van der Waals surface area contributed by atoms with E-state index in [2.05, 4.69) is 15.6 Å². The number of hydrogen-bond acceptors (Lipinski definition) is 5. The Morgan fingerprint density at radius 1 is 1.07 bits per heavy atom. The number of anilines is 1. The van der Waals surface area contributed by atoms with Gasteiger partial charge in [-0.3, -0.25) is 14.9 Å². The number of amides is 2. The van der Waals surface area contributed by atoms with Crippen LogP contribution in [0.2, 0.25) is 0 Å². The van der Waals surface area contributed by atoms with Gasteiger partial charge >= 0.3 is 0 Å². The van der Waals surface area contributed by atoms with E-state index >= 15 is 0 Å². The highest BCUT2D eigenvalue weighted by Gasteiger charge is 2.58. The molecule has 2 aromatic carbocycles. The summed E-state index contributed by atoms with van der Waals surface area (Å²) in [5.41, 5.74) is -0.567. The van der Waals surface area contributed by atoms with Gasteiger partial charge < -0.3 is 14.8 Å². The van der Waals surface area contributed by atoms with Gasteiger partial charge in [-0.2, -0.15) is 0 Å². The molecule has 0 bridgehead atoms. The molecule has 7 nitrogen and oxygen atoms in total. The van der Waals surface area contributed by atoms with E-state index in [1.54, 1.807) is 30.3 Å². The zero-order chi connectivity index (χ0) is 21.4. The van der Waals surface area contributed by atoms with Gasteiger partial charge in [0, 0.05) is 23.7 Å². The van der Waals surface area contributed by atoms with E-state index in [0.29, 0.717) is 17.9 Å². The second kappa shape index (κ2) is 7.53. The van der Waals surface area contributed by atoms with E-state index in [-0.39, 0.29) is 36.6 Å². The van der Waals surface area contributed by atoms with Crippen LogP contribution in [0.15, 0.2) is 53.5 Å². The van der Waals surface area contributed by atoms with Crippen LogP contribution in [0.25, 0.3) is 0 Å². The minimum Gasteiger partial charge on any atom is -0.464 e. The van der Waals surface area contributed by atoms with Crippen molar-refractivity contribution in [2.45, 2.75) is 19.4 Å². The predicted molar refractivity (Wildman–Crippen MR) is 109 cm³/mol. The van der Waals surface area contributed by atoms with Gasteiger partial charge in [-0.15, -0.1) is 0 Å². The lowest BCUT2D eigenvalue weighted by Gasteiger charge is -2.42. The van der Waals surface area contributed by atoms with Gasteiger partial charge in [0.1, 0.15) is 18.0 Å². The lowest BCUT2D eigenvalue weighted by Crippen LogP contribution is -2.52. The maximum Gasteiger partial charge on any atom is 0.292 e. The minimum absolute atomic E-state index is 0.0103. The lowest BCUT2D eigenvalue weighted by molar-refractivity contribution is -0.114. The van der Waals surface area contributed by atoms with Gasteiger partial charge in [0.05, 0.1) is 18.6 Å². The molecule has 0 aromatic heterocycles. The number of rotatable bonds is 3. The third-order valence-electron chi connectivity index (χ3n) is 5.54. The van der Waals surface area contributed by atoms with Crippen molar-refractivity contribution in [3.8, 4) is 0 Å². The topological polar surface area (TPSA) is 89.0 Å². The number of carbonyl (C=O) groups is 2. The summed E-state index contributed by atoms with van der Waals surface area (Å²) >= 11 is 0. The van der Waals surface area contributed by atoms with Crippen molar-refractivity contribution in [3.63, 3.8) is 0 Å². The Balaban J connectivity index is 1.74. The van der Waals surface area contributed by atoms with Crippen molar-refractivity contribution < 1.29 is 23.5 Å². The van der Waals surface area contributed by atoms with Crippen molar-refractivity contribution in [3.05, 3.63) is 65.5 Å². The number of hydrogen-bond donors (Lipinski definition) is 2. The summed E-state index contributed by atoms with van der Waals surface area (Å²) in [5.74, 6) is -1.11. The summed E-state index contributed by atoms with van der Waals surface area (Å²) in [4.78, 5) is 28.7. The average Bonchev–Trinajstić information content (AvgIpc) is 3.07. The maximum absolute atomic E-state index is 15.0. The van der Waals surface area contributed by atoms with Crippen molar-refractivity contribution in [2.24, 2.45) is 10.4 Å². The summed E-state index contributed by atoms with van der Waals surface area (Å²) in [6.45, 7) is 3.92. The first-order valence-corrected chi connectivity index (χ1v) is 9.57.